The van der Waals surface area contributed by atoms with Gasteiger partial charge in [0.2, 0.25) is 6.34 Å². The second-order valence-electron chi connectivity index (χ2n) is 5.05. The highest BCUT2D eigenvalue weighted by Gasteiger charge is 2.31. The molecule has 0 bridgehead atoms. The van der Waals surface area contributed by atoms with E-state index in [-0.39, 0.29) is 29.5 Å². The average molecular weight is 356 g/mol. The molecule has 98 valence electrons. The largest absolute Gasteiger partial charge is 1.00 e. The fraction of sp³-hybridized carbons (Fsp3) is 0.400. The Morgan fingerprint density at radius 3 is 2.33 bits per heavy atom. The third kappa shape index (κ3) is 2.94. The fourth-order valence-corrected chi connectivity index (χ4v) is 2.39. The van der Waals surface area contributed by atoms with Crippen molar-refractivity contribution in [2.45, 2.75) is 33.2 Å². The lowest BCUT2D eigenvalue weighted by Gasteiger charge is -2.30. The van der Waals surface area contributed by atoms with E-state index in [1.807, 2.05) is 6.07 Å². The highest BCUT2D eigenvalue weighted by Crippen LogP contribution is 2.24. The average Bonchev–Trinajstić information content (AvgIpc) is 2.29. The highest BCUT2D eigenvalue weighted by molar-refractivity contribution is 5.81. The number of anilines is 1. The maximum Gasteiger partial charge on any atom is 0.244 e. The maximum absolute atomic E-state index is 2.35. The van der Waals surface area contributed by atoms with Crippen LogP contribution in [0.5, 0.6) is 0 Å². The van der Waals surface area contributed by atoms with Crippen molar-refractivity contribution in [2.75, 3.05) is 11.4 Å². The second-order valence-corrected chi connectivity index (χ2v) is 5.05. The predicted molar refractivity (Wildman–Crippen MR) is 73.6 cm³/mol. The van der Waals surface area contributed by atoms with Gasteiger partial charge in [0.1, 0.15) is 16.9 Å². The van der Waals surface area contributed by atoms with Crippen molar-refractivity contribution in [3.8, 4) is 0 Å². The molecule has 0 unspecified atom stereocenters. The predicted octanol–water partition coefficient (Wildman–Crippen LogP) is 0.254. The van der Waals surface area contributed by atoms with E-state index in [2.05, 4.69) is 73.9 Å². The lowest BCUT2D eigenvalue weighted by Crippen LogP contribution is -3.00. The zero-order chi connectivity index (χ0) is 12.5. The Hall–Kier alpha value is -0.840. The normalized spacial score (nSPS) is 17.7. The molecule has 0 saturated heterocycles. The summed E-state index contributed by atoms with van der Waals surface area (Å²) in [5, 5.41) is 0. The molecular weight excluding hydrogens is 335 g/mol. The number of hydrogen-bond donors (Lipinski definition) is 0. The van der Waals surface area contributed by atoms with Crippen molar-refractivity contribution >= 4 is 12.0 Å². The van der Waals surface area contributed by atoms with Gasteiger partial charge < -0.3 is 24.0 Å². The zero-order valence-corrected chi connectivity index (χ0v) is 13.7. The van der Waals surface area contributed by atoms with E-state index in [0.29, 0.717) is 0 Å². The molecule has 2 rings (SSSR count). The molecule has 0 aromatic heterocycles. The van der Waals surface area contributed by atoms with E-state index >= 15 is 0 Å². The number of halogens is 1. The lowest BCUT2D eigenvalue weighted by atomic mass is 10.0. The Morgan fingerprint density at radius 2 is 1.78 bits per heavy atom. The summed E-state index contributed by atoms with van der Waals surface area (Å²) in [5.74, 6) is 0. The Morgan fingerprint density at radius 1 is 1.17 bits per heavy atom. The number of rotatable bonds is 2. The fourth-order valence-electron chi connectivity index (χ4n) is 2.39. The third-order valence-electron chi connectivity index (χ3n) is 3.31. The molecule has 0 amide bonds. The Labute approximate surface area is 127 Å². The summed E-state index contributed by atoms with van der Waals surface area (Å²) in [7, 11) is 0. The quantitative estimate of drug-likeness (QED) is 0.544. The minimum Gasteiger partial charge on any atom is -1.00 e. The van der Waals surface area contributed by atoms with Crippen LogP contribution in [-0.4, -0.2) is 23.0 Å². The van der Waals surface area contributed by atoms with Gasteiger partial charge in [-0.3, -0.25) is 4.58 Å². The Bertz CT molecular complexity index is 461. The van der Waals surface area contributed by atoms with Crippen LogP contribution in [0.4, 0.5) is 5.69 Å². The molecule has 1 aliphatic rings. The van der Waals surface area contributed by atoms with Crippen molar-refractivity contribution in [3.05, 3.63) is 42.1 Å². The van der Waals surface area contributed by atoms with Crippen LogP contribution in [0.1, 0.15) is 27.7 Å². The molecule has 0 atom stereocenters. The van der Waals surface area contributed by atoms with Gasteiger partial charge in [-0.25, -0.2) is 4.90 Å². The third-order valence-corrected chi connectivity index (χ3v) is 3.31. The van der Waals surface area contributed by atoms with Crippen molar-refractivity contribution < 1.29 is 28.6 Å². The SMILES string of the molecule is CC[N+]1=CN(c2ccccc2)C(C)=CC1(C)C.[I-]. The summed E-state index contributed by atoms with van der Waals surface area (Å²) in [5.41, 5.74) is 2.60. The molecule has 0 fully saturated rings. The number of likely N-dealkylation sites (N-methyl/N-ethyl adjacent to an activating group) is 1. The van der Waals surface area contributed by atoms with E-state index in [1.54, 1.807) is 0 Å². The smallest absolute Gasteiger partial charge is 0.244 e. The summed E-state index contributed by atoms with van der Waals surface area (Å²) in [6.07, 6.45) is 4.54. The van der Waals surface area contributed by atoms with Gasteiger partial charge in [-0.05, 0) is 39.8 Å². The first-order valence-corrected chi connectivity index (χ1v) is 6.20. The first kappa shape index (κ1) is 15.2. The molecule has 0 N–H and O–H groups in total. The molecule has 3 heteroatoms. The molecule has 1 heterocycles. The van der Waals surface area contributed by atoms with Crippen LogP contribution in [0, 0.1) is 0 Å². The zero-order valence-electron chi connectivity index (χ0n) is 11.5. The van der Waals surface area contributed by atoms with Crippen molar-refractivity contribution in [1.82, 2.24) is 0 Å². The van der Waals surface area contributed by atoms with E-state index < -0.39 is 0 Å². The van der Waals surface area contributed by atoms with Gasteiger partial charge in [0.25, 0.3) is 0 Å². The first-order chi connectivity index (χ1) is 8.04. The summed E-state index contributed by atoms with van der Waals surface area (Å²) < 4.78 is 2.35. The summed E-state index contributed by atoms with van der Waals surface area (Å²) >= 11 is 0. The summed E-state index contributed by atoms with van der Waals surface area (Å²) in [6.45, 7) is 9.87. The van der Waals surface area contributed by atoms with Gasteiger partial charge in [0.15, 0.2) is 0 Å². The van der Waals surface area contributed by atoms with Crippen molar-refractivity contribution in [3.63, 3.8) is 0 Å². The molecular formula is C15H21IN2. The molecule has 1 aliphatic heterocycles. The molecule has 1 aromatic rings. The number of hydrogen-bond acceptors (Lipinski definition) is 1. The topological polar surface area (TPSA) is 6.25 Å². The summed E-state index contributed by atoms with van der Waals surface area (Å²) in [4.78, 5) is 2.24. The van der Waals surface area contributed by atoms with Crippen LogP contribution >= 0.6 is 0 Å². The van der Waals surface area contributed by atoms with Crippen molar-refractivity contribution in [2.24, 2.45) is 0 Å². The van der Waals surface area contributed by atoms with E-state index in [9.17, 15) is 0 Å². The first-order valence-electron chi connectivity index (χ1n) is 6.20. The molecule has 2 nitrogen and oxygen atoms in total. The Kier molecular flexibility index (Phi) is 4.96. The monoisotopic (exact) mass is 356 g/mol. The molecule has 0 radical (unpaired) electrons. The maximum atomic E-state index is 2.35. The molecule has 0 saturated carbocycles. The lowest BCUT2D eigenvalue weighted by molar-refractivity contribution is -0.582. The van der Waals surface area contributed by atoms with Crippen LogP contribution in [-0.2, 0) is 0 Å². The van der Waals surface area contributed by atoms with E-state index in [1.165, 1.54) is 11.4 Å². The minimum atomic E-state index is 0. The van der Waals surface area contributed by atoms with Gasteiger partial charge in [-0.15, -0.1) is 0 Å². The molecule has 1 aromatic carbocycles. The van der Waals surface area contributed by atoms with Crippen LogP contribution in [0.2, 0.25) is 0 Å². The van der Waals surface area contributed by atoms with Gasteiger partial charge in [0, 0.05) is 6.08 Å². The van der Waals surface area contributed by atoms with Gasteiger partial charge in [0.05, 0.1) is 6.54 Å². The molecule has 0 aliphatic carbocycles. The van der Waals surface area contributed by atoms with Crippen LogP contribution < -0.4 is 28.9 Å². The number of para-hydroxylation sites is 1. The molecule has 0 spiro atoms. The number of benzene rings is 1. The van der Waals surface area contributed by atoms with Gasteiger partial charge in [-0.1, -0.05) is 18.2 Å². The minimum absolute atomic E-state index is 0. The van der Waals surface area contributed by atoms with Crippen LogP contribution in [0.25, 0.3) is 0 Å². The van der Waals surface area contributed by atoms with Crippen LogP contribution in [0.15, 0.2) is 42.1 Å². The van der Waals surface area contributed by atoms with Gasteiger partial charge >= 0.3 is 0 Å². The summed E-state index contributed by atoms with van der Waals surface area (Å²) in [6, 6.07) is 10.5. The van der Waals surface area contributed by atoms with E-state index in [0.717, 1.165) is 6.54 Å². The number of allylic oxidation sites excluding steroid dienone is 1. The van der Waals surface area contributed by atoms with Gasteiger partial charge in [-0.2, -0.15) is 0 Å². The molecule has 18 heavy (non-hydrogen) atoms. The van der Waals surface area contributed by atoms with Crippen LogP contribution in [0.3, 0.4) is 0 Å². The Balaban J connectivity index is 0.00000162. The van der Waals surface area contributed by atoms with E-state index in [4.69, 9.17) is 0 Å². The highest BCUT2D eigenvalue weighted by atomic mass is 127. The second kappa shape index (κ2) is 5.87. The number of nitrogens with zero attached hydrogens (tertiary/aromatic N) is 2. The van der Waals surface area contributed by atoms with Crippen molar-refractivity contribution in [1.29, 1.82) is 0 Å². The standard InChI is InChI=1S/C15H21N2.HI/c1-5-16-12-17(13(2)11-15(16,3)4)14-9-7-6-8-10-14;/h6-12H,5H2,1-4H3;1H/q+1;/p-1.